The largest absolute Gasteiger partial charge is 0.493 e. The molecule has 1 saturated carbocycles. The number of carbonyl (C=O) groups excluding carboxylic acids is 1. The molecule has 0 atom stereocenters. The van der Waals surface area contributed by atoms with Crippen LogP contribution in [0.4, 0.5) is 0 Å². The van der Waals surface area contributed by atoms with E-state index in [4.69, 9.17) is 9.47 Å². The molecule has 0 amide bonds. The van der Waals surface area contributed by atoms with E-state index in [-0.39, 0.29) is 11.9 Å². The minimum atomic E-state index is -0.0733. The lowest BCUT2D eigenvalue weighted by Crippen LogP contribution is -2.25. The summed E-state index contributed by atoms with van der Waals surface area (Å²) in [6.45, 7) is 7.16. The van der Waals surface area contributed by atoms with Gasteiger partial charge in [0.05, 0.1) is 12.5 Å². The number of benzene rings is 1. The normalized spacial score (nSPS) is 21.2. The number of hydrogen-bond acceptors (Lipinski definition) is 3. The highest BCUT2D eigenvalue weighted by atomic mass is 16.5. The van der Waals surface area contributed by atoms with Crippen LogP contribution in [0.3, 0.4) is 0 Å². The maximum Gasteiger partial charge on any atom is 0.314 e. The molecule has 0 heterocycles. The van der Waals surface area contributed by atoms with Crippen molar-refractivity contribution in [2.75, 3.05) is 6.61 Å². The van der Waals surface area contributed by atoms with E-state index in [0.717, 1.165) is 37.4 Å². The van der Waals surface area contributed by atoms with Gasteiger partial charge in [-0.1, -0.05) is 33.6 Å². The van der Waals surface area contributed by atoms with Crippen molar-refractivity contribution in [1.29, 1.82) is 0 Å². The third kappa shape index (κ3) is 5.89. The maximum atomic E-state index is 12.3. The van der Waals surface area contributed by atoms with Gasteiger partial charge in [0.25, 0.3) is 0 Å². The molecule has 1 aliphatic carbocycles. The SMILES string of the molecule is CCCC1CCC(C(=O)Oc2ccc(OCC(C)C)cc2)CC1. The number of esters is 1. The van der Waals surface area contributed by atoms with Crippen LogP contribution in [0.5, 0.6) is 11.5 Å². The molecule has 3 nitrogen and oxygen atoms in total. The van der Waals surface area contributed by atoms with E-state index in [2.05, 4.69) is 20.8 Å². The zero-order valence-electron chi connectivity index (χ0n) is 14.7. The van der Waals surface area contributed by atoms with Crippen LogP contribution in [0.25, 0.3) is 0 Å². The van der Waals surface area contributed by atoms with Crippen molar-refractivity contribution in [2.24, 2.45) is 17.8 Å². The van der Waals surface area contributed by atoms with Crippen LogP contribution in [-0.2, 0) is 4.79 Å². The fourth-order valence-electron chi connectivity index (χ4n) is 3.16. The monoisotopic (exact) mass is 318 g/mol. The Hall–Kier alpha value is -1.51. The van der Waals surface area contributed by atoms with Crippen LogP contribution in [0, 0.1) is 17.8 Å². The second-order valence-electron chi connectivity index (χ2n) is 7.10. The summed E-state index contributed by atoms with van der Waals surface area (Å²) in [5.74, 6) is 2.73. The molecule has 1 aliphatic rings. The van der Waals surface area contributed by atoms with E-state index in [1.807, 2.05) is 24.3 Å². The molecule has 2 rings (SSSR count). The van der Waals surface area contributed by atoms with Crippen LogP contribution in [-0.4, -0.2) is 12.6 Å². The molecule has 0 saturated heterocycles. The second kappa shape index (κ2) is 8.95. The van der Waals surface area contributed by atoms with Gasteiger partial charge in [0.15, 0.2) is 0 Å². The topological polar surface area (TPSA) is 35.5 Å². The van der Waals surface area contributed by atoms with Crippen molar-refractivity contribution in [2.45, 2.75) is 59.3 Å². The average molecular weight is 318 g/mol. The van der Waals surface area contributed by atoms with Crippen molar-refractivity contribution in [1.82, 2.24) is 0 Å². The summed E-state index contributed by atoms with van der Waals surface area (Å²) in [5, 5.41) is 0. The molecule has 0 spiro atoms. The van der Waals surface area contributed by atoms with Gasteiger partial charge in [-0.05, 0) is 61.8 Å². The van der Waals surface area contributed by atoms with Gasteiger partial charge >= 0.3 is 5.97 Å². The lowest BCUT2D eigenvalue weighted by Gasteiger charge is -2.26. The van der Waals surface area contributed by atoms with Gasteiger partial charge in [0, 0.05) is 0 Å². The summed E-state index contributed by atoms with van der Waals surface area (Å²) in [5.41, 5.74) is 0. The van der Waals surface area contributed by atoms with E-state index in [1.54, 1.807) is 0 Å². The molecule has 128 valence electrons. The van der Waals surface area contributed by atoms with Crippen LogP contribution < -0.4 is 9.47 Å². The van der Waals surface area contributed by atoms with Gasteiger partial charge in [-0.25, -0.2) is 0 Å². The minimum Gasteiger partial charge on any atom is -0.493 e. The smallest absolute Gasteiger partial charge is 0.314 e. The zero-order chi connectivity index (χ0) is 16.7. The third-order valence-electron chi connectivity index (χ3n) is 4.50. The first-order valence-electron chi connectivity index (χ1n) is 9.03. The first-order chi connectivity index (χ1) is 11.1. The lowest BCUT2D eigenvalue weighted by atomic mass is 9.80. The van der Waals surface area contributed by atoms with E-state index in [9.17, 15) is 4.79 Å². The van der Waals surface area contributed by atoms with Gasteiger partial charge < -0.3 is 9.47 Å². The summed E-state index contributed by atoms with van der Waals surface area (Å²) < 4.78 is 11.2. The predicted molar refractivity (Wildman–Crippen MR) is 92.8 cm³/mol. The van der Waals surface area contributed by atoms with E-state index < -0.39 is 0 Å². The highest BCUT2D eigenvalue weighted by Crippen LogP contribution is 2.32. The van der Waals surface area contributed by atoms with Crippen molar-refractivity contribution >= 4 is 5.97 Å². The highest BCUT2D eigenvalue weighted by molar-refractivity contribution is 5.75. The molecule has 23 heavy (non-hydrogen) atoms. The van der Waals surface area contributed by atoms with Gasteiger partial charge in [-0.2, -0.15) is 0 Å². The molecular formula is C20H30O3. The van der Waals surface area contributed by atoms with Gasteiger partial charge in [-0.15, -0.1) is 0 Å². The van der Waals surface area contributed by atoms with Crippen LogP contribution in [0.1, 0.15) is 59.3 Å². The van der Waals surface area contributed by atoms with Gasteiger partial charge in [-0.3, -0.25) is 4.79 Å². The van der Waals surface area contributed by atoms with Crippen LogP contribution in [0.15, 0.2) is 24.3 Å². The lowest BCUT2D eigenvalue weighted by molar-refractivity contribution is -0.140. The summed E-state index contributed by atoms with van der Waals surface area (Å²) >= 11 is 0. The quantitative estimate of drug-likeness (QED) is 0.510. The molecule has 0 N–H and O–H groups in total. The number of ether oxygens (including phenoxy) is 2. The summed E-state index contributed by atoms with van der Waals surface area (Å²) in [7, 11) is 0. The van der Waals surface area contributed by atoms with Crippen molar-refractivity contribution in [3.05, 3.63) is 24.3 Å². The summed E-state index contributed by atoms with van der Waals surface area (Å²) in [4.78, 5) is 12.3. The summed E-state index contributed by atoms with van der Waals surface area (Å²) in [6, 6.07) is 7.36. The Morgan fingerprint density at radius 3 is 2.26 bits per heavy atom. The molecular weight excluding hydrogens is 288 g/mol. The molecule has 1 fully saturated rings. The maximum absolute atomic E-state index is 12.3. The molecule has 0 aliphatic heterocycles. The Balaban J connectivity index is 1.79. The first-order valence-corrected chi connectivity index (χ1v) is 9.03. The number of carbonyl (C=O) groups is 1. The summed E-state index contributed by atoms with van der Waals surface area (Å²) in [6.07, 6.45) is 6.80. The molecule has 1 aromatic carbocycles. The molecule has 1 aromatic rings. The Morgan fingerprint density at radius 2 is 1.70 bits per heavy atom. The van der Waals surface area contributed by atoms with Crippen LogP contribution in [0.2, 0.25) is 0 Å². The Kier molecular flexibility index (Phi) is 6.94. The highest BCUT2D eigenvalue weighted by Gasteiger charge is 2.27. The fraction of sp³-hybridized carbons (Fsp3) is 0.650. The molecule has 0 radical (unpaired) electrons. The number of hydrogen-bond donors (Lipinski definition) is 0. The predicted octanol–water partition coefficient (Wildman–Crippen LogP) is 5.23. The van der Waals surface area contributed by atoms with Crippen molar-refractivity contribution < 1.29 is 14.3 Å². The minimum absolute atomic E-state index is 0.0694. The van der Waals surface area contributed by atoms with E-state index in [1.165, 1.54) is 12.8 Å². The Morgan fingerprint density at radius 1 is 1.09 bits per heavy atom. The molecule has 0 bridgehead atoms. The van der Waals surface area contributed by atoms with E-state index >= 15 is 0 Å². The molecule has 0 unspecified atom stereocenters. The van der Waals surface area contributed by atoms with Gasteiger partial charge in [0.2, 0.25) is 0 Å². The second-order valence-corrected chi connectivity index (χ2v) is 7.10. The Labute approximate surface area is 140 Å². The third-order valence-corrected chi connectivity index (χ3v) is 4.50. The number of rotatable bonds is 7. The fourth-order valence-corrected chi connectivity index (χ4v) is 3.16. The first kappa shape index (κ1) is 17.8. The standard InChI is InChI=1S/C20H30O3/c1-4-5-16-6-8-17(9-7-16)20(21)23-19-12-10-18(11-13-19)22-14-15(2)3/h10-13,15-17H,4-9,14H2,1-3H3. The Bertz CT molecular complexity index is 470. The zero-order valence-corrected chi connectivity index (χ0v) is 14.7. The van der Waals surface area contributed by atoms with Crippen LogP contribution >= 0.6 is 0 Å². The van der Waals surface area contributed by atoms with Crippen molar-refractivity contribution in [3.63, 3.8) is 0 Å². The van der Waals surface area contributed by atoms with Gasteiger partial charge in [0.1, 0.15) is 11.5 Å². The molecule has 0 aromatic heterocycles. The van der Waals surface area contributed by atoms with E-state index in [0.29, 0.717) is 18.3 Å². The molecule has 3 heteroatoms. The average Bonchev–Trinajstić information content (AvgIpc) is 2.55. The van der Waals surface area contributed by atoms with Crippen molar-refractivity contribution in [3.8, 4) is 11.5 Å².